The van der Waals surface area contributed by atoms with Gasteiger partial charge in [-0.15, -0.1) is 11.3 Å². The SMILES string of the molecule is Cc1ccsc1CCNc1ccnc(CN)n1. The summed E-state index contributed by atoms with van der Waals surface area (Å²) in [5.74, 6) is 1.51. The molecule has 2 rings (SSSR count). The van der Waals surface area contributed by atoms with Crippen LogP contribution in [0.5, 0.6) is 0 Å². The van der Waals surface area contributed by atoms with E-state index in [1.54, 1.807) is 17.5 Å². The average molecular weight is 248 g/mol. The molecule has 0 unspecified atom stereocenters. The van der Waals surface area contributed by atoms with Crippen molar-refractivity contribution in [3.05, 3.63) is 40.0 Å². The molecule has 0 fully saturated rings. The minimum absolute atomic E-state index is 0.375. The Bertz CT molecular complexity index is 481. The first-order valence-corrected chi connectivity index (χ1v) is 6.46. The molecule has 0 aliphatic carbocycles. The van der Waals surface area contributed by atoms with Crippen molar-refractivity contribution in [1.29, 1.82) is 0 Å². The van der Waals surface area contributed by atoms with Crippen LogP contribution in [-0.4, -0.2) is 16.5 Å². The summed E-state index contributed by atoms with van der Waals surface area (Å²) in [6.45, 7) is 3.39. The predicted molar refractivity (Wildman–Crippen MR) is 71.2 cm³/mol. The molecule has 5 heteroatoms. The summed E-state index contributed by atoms with van der Waals surface area (Å²) >= 11 is 1.80. The summed E-state index contributed by atoms with van der Waals surface area (Å²) in [5.41, 5.74) is 6.86. The van der Waals surface area contributed by atoms with Gasteiger partial charge < -0.3 is 11.1 Å². The van der Waals surface area contributed by atoms with Crippen LogP contribution in [0.1, 0.15) is 16.3 Å². The van der Waals surface area contributed by atoms with Gasteiger partial charge in [0.1, 0.15) is 11.6 Å². The first-order chi connectivity index (χ1) is 8.29. The molecular formula is C12H16N4S. The molecule has 2 aromatic rings. The van der Waals surface area contributed by atoms with Gasteiger partial charge in [-0.3, -0.25) is 0 Å². The van der Waals surface area contributed by atoms with E-state index in [4.69, 9.17) is 5.73 Å². The minimum Gasteiger partial charge on any atom is -0.370 e. The molecule has 0 saturated heterocycles. The van der Waals surface area contributed by atoms with Crippen LogP contribution in [0.4, 0.5) is 5.82 Å². The highest BCUT2D eigenvalue weighted by Gasteiger charge is 2.00. The molecule has 17 heavy (non-hydrogen) atoms. The van der Waals surface area contributed by atoms with Crippen LogP contribution in [-0.2, 0) is 13.0 Å². The molecule has 0 aromatic carbocycles. The van der Waals surface area contributed by atoms with Crippen molar-refractivity contribution in [3.63, 3.8) is 0 Å². The highest BCUT2D eigenvalue weighted by Crippen LogP contribution is 2.16. The van der Waals surface area contributed by atoms with E-state index < -0.39 is 0 Å². The summed E-state index contributed by atoms with van der Waals surface area (Å²) in [7, 11) is 0. The minimum atomic E-state index is 0.375. The van der Waals surface area contributed by atoms with E-state index in [0.29, 0.717) is 12.4 Å². The second-order valence-corrected chi connectivity index (χ2v) is 4.77. The van der Waals surface area contributed by atoms with Gasteiger partial charge in [0.25, 0.3) is 0 Å². The number of thiophene rings is 1. The van der Waals surface area contributed by atoms with Gasteiger partial charge in [0, 0.05) is 17.6 Å². The zero-order valence-electron chi connectivity index (χ0n) is 9.81. The molecule has 0 aliphatic rings. The van der Waals surface area contributed by atoms with Crippen LogP contribution >= 0.6 is 11.3 Å². The van der Waals surface area contributed by atoms with Crippen LogP contribution in [0.15, 0.2) is 23.7 Å². The lowest BCUT2D eigenvalue weighted by Crippen LogP contribution is -2.09. The lowest BCUT2D eigenvalue weighted by atomic mass is 10.2. The molecule has 0 saturated carbocycles. The Morgan fingerprint density at radius 1 is 1.41 bits per heavy atom. The second kappa shape index (κ2) is 5.75. The summed E-state index contributed by atoms with van der Waals surface area (Å²) in [6, 6.07) is 4.01. The lowest BCUT2D eigenvalue weighted by Gasteiger charge is -2.05. The molecule has 0 aliphatic heterocycles. The molecule has 90 valence electrons. The number of hydrogen-bond donors (Lipinski definition) is 2. The van der Waals surface area contributed by atoms with E-state index >= 15 is 0 Å². The van der Waals surface area contributed by atoms with Gasteiger partial charge in [-0.25, -0.2) is 9.97 Å². The number of aryl methyl sites for hydroxylation is 1. The Balaban J connectivity index is 1.87. The fourth-order valence-corrected chi connectivity index (χ4v) is 2.47. The fraction of sp³-hybridized carbons (Fsp3) is 0.333. The Hall–Kier alpha value is -1.46. The summed E-state index contributed by atoms with van der Waals surface area (Å²) in [6.07, 6.45) is 2.75. The van der Waals surface area contributed by atoms with Crippen molar-refractivity contribution in [1.82, 2.24) is 9.97 Å². The quantitative estimate of drug-likeness (QED) is 0.849. The van der Waals surface area contributed by atoms with Crippen molar-refractivity contribution in [3.8, 4) is 0 Å². The van der Waals surface area contributed by atoms with E-state index in [0.717, 1.165) is 18.8 Å². The van der Waals surface area contributed by atoms with Crippen molar-refractivity contribution >= 4 is 17.2 Å². The molecule has 2 aromatic heterocycles. The first kappa shape index (κ1) is 12.0. The smallest absolute Gasteiger partial charge is 0.144 e. The van der Waals surface area contributed by atoms with Crippen molar-refractivity contribution in [2.75, 3.05) is 11.9 Å². The Labute approximate surface area is 105 Å². The van der Waals surface area contributed by atoms with Gasteiger partial charge in [0.2, 0.25) is 0 Å². The Morgan fingerprint density at radius 2 is 2.29 bits per heavy atom. The average Bonchev–Trinajstić information content (AvgIpc) is 2.76. The Kier molecular flexibility index (Phi) is 4.06. The molecule has 0 spiro atoms. The normalized spacial score (nSPS) is 10.5. The summed E-state index contributed by atoms with van der Waals surface area (Å²) in [4.78, 5) is 9.77. The van der Waals surface area contributed by atoms with Gasteiger partial charge in [-0.05, 0) is 36.4 Å². The monoisotopic (exact) mass is 248 g/mol. The number of aromatic nitrogens is 2. The largest absolute Gasteiger partial charge is 0.370 e. The molecule has 0 bridgehead atoms. The van der Waals surface area contributed by atoms with E-state index in [2.05, 4.69) is 33.7 Å². The first-order valence-electron chi connectivity index (χ1n) is 5.58. The van der Waals surface area contributed by atoms with Crippen molar-refractivity contribution < 1.29 is 0 Å². The molecule has 3 N–H and O–H groups in total. The number of nitrogens with zero attached hydrogens (tertiary/aromatic N) is 2. The number of anilines is 1. The van der Waals surface area contributed by atoms with Gasteiger partial charge in [0.15, 0.2) is 0 Å². The highest BCUT2D eigenvalue weighted by atomic mass is 32.1. The van der Waals surface area contributed by atoms with Crippen LogP contribution < -0.4 is 11.1 Å². The van der Waals surface area contributed by atoms with Gasteiger partial charge >= 0.3 is 0 Å². The maximum absolute atomic E-state index is 5.49. The molecular weight excluding hydrogens is 232 g/mol. The third kappa shape index (κ3) is 3.25. The second-order valence-electron chi connectivity index (χ2n) is 3.77. The molecule has 0 radical (unpaired) electrons. The van der Waals surface area contributed by atoms with Gasteiger partial charge in [-0.1, -0.05) is 0 Å². The zero-order valence-corrected chi connectivity index (χ0v) is 10.6. The van der Waals surface area contributed by atoms with E-state index in [1.807, 2.05) is 6.07 Å². The summed E-state index contributed by atoms with van der Waals surface area (Å²) in [5, 5.41) is 5.41. The maximum Gasteiger partial charge on any atom is 0.144 e. The predicted octanol–water partition coefficient (Wildman–Crippen LogP) is 1.96. The summed E-state index contributed by atoms with van der Waals surface area (Å²) < 4.78 is 0. The van der Waals surface area contributed by atoms with Crippen LogP contribution in [0.2, 0.25) is 0 Å². The zero-order chi connectivity index (χ0) is 12.1. The molecule has 2 heterocycles. The standard InChI is InChI=1S/C12H16N4S/c1-9-4-7-17-10(9)2-5-14-11-3-6-15-12(8-13)16-11/h3-4,6-7H,2,5,8,13H2,1H3,(H,14,15,16). The lowest BCUT2D eigenvalue weighted by molar-refractivity contribution is 0.901. The van der Waals surface area contributed by atoms with E-state index in [1.165, 1.54) is 10.4 Å². The number of rotatable bonds is 5. The van der Waals surface area contributed by atoms with Crippen molar-refractivity contribution in [2.45, 2.75) is 19.9 Å². The number of hydrogen-bond acceptors (Lipinski definition) is 5. The third-order valence-corrected chi connectivity index (χ3v) is 3.60. The van der Waals surface area contributed by atoms with E-state index in [-0.39, 0.29) is 0 Å². The molecule has 4 nitrogen and oxygen atoms in total. The number of nitrogens with two attached hydrogens (primary N) is 1. The maximum atomic E-state index is 5.49. The highest BCUT2D eigenvalue weighted by molar-refractivity contribution is 7.10. The van der Waals surface area contributed by atoms with Crippen molar-refractivity contribution in [2.24, 2.45) is 5.73 Å². The van der Waals surface area contributed by atoms with E-state index in [9.17, 15) is 0 Å². The topological polar surface area (TPSA) is 63.8 Å². The van der Waals surface area contributed by atoms with Crippen LogP contribution in [0.25, 0.3) is 0 Å². The van der Waals surface area contributed by atoms with Crippen LogP contribution in [0.3, 0.4) is 0 Å². The fourth-order valence-electron chi connectivity index (χ4n) is 1.56. The van der Waals surface area contributed by atoms with Gasteiger partial charge in [0.05, 0.1) is 6.54 Å². The third-order valence-electron chi connectivity index (χ3n) is 2.51. The molecule has 0 atom stereocenters. The number of nitrogens with one attached hydrogen (secondary N) is 1. The molecule has 0 amide bonds. The van der Waals surface area contributed by atoms with Gasteiger partial charge in [-0.2, -0.15) is 0 Å². The van der Waals surface area contributed by atoms with Crippen LogP contribution in [0, 0.1) is 6.92 Å². The Morgan fingerprint density at radius 3 is 3.00 bits per heavy atom.